The van der Waals surface area contributed by atoms with Gasteiger partial charge in [-0.2, -0.15) is 26.2 Å². The Hall–Kier alpha value is -1.57. The van der Waals surface area contributed by atoms with Gasteiger partial charge in [0.2, 0.25) is 5.69 Å². The van der Waals surface area contributed by atoms with Gasteiger partial charge < -0.3 is 4.55 Å². The first-order valence-electron chi connectivity index (χ1n) is 9.87. The maximum Gasteiger partial charge on any atom is 0.417 e. The molecule has 0 aliphatic carbocycles. The van der Waals surface area contributed by atoms with E-state index in [2.05, 4.69) is 0 Å². The highest BCUT2D eigenvalue weighted by molar-refractivity contribution is 7.85. The monoisotopic (exact) mass is 503 g/mol. The normalized spacial score (nSPS) is 19.5. The summed E-state index contributed by atoms with van der Waals surface area (Å²) in [6.45, 7) is 3.24. The number of nitrogens with zero attached hydrogens (tertiary/aromatic N) is 1. The first-order valence-corrected chi connectivity index (χ1v) is 13.1. The van der Waals surface area contributed by atoms with Crippen LogP contribution in [0.3, 0.4) is 0 Å². The van der Waals surface area contributed by atoms with E-state index >= 15 is 0 Å². The van der Waals surface area contributed by atoms with Crippen LogP contribution in [-0.4, -0.2) is 54.3 Å². The molecule has 1 atom stereocenters. The summed E-state index contributed by atoms with van der Waals surface area (Å²) in [5.74, 6) is -2.22. The van der Waals surface area contributed by atoms with Crippen LogP contribution in [0.15, 0.2) is 12.1 Å². The van der Waals surface area contributed by atoms with Gasteiger partial charge in [-0.05, 0) is 32.3 Å². The second kappa shape index (κ2) is 9.35. The smallest absolute Gasteiger partial charge is 0.417 e. The zero-order valence-corrected chi connectivity index (χ0v) is 19.2. The van der Waals surface area contributed by atoms with Crippen LogP contribution in [0.5, 0.6) is 0 Å². The van der Waals surface area contributed by atoms with E-state index in [1.807, 2.05) is 0 Å². The van der Waals surface area contributed by atoms with E-state index in [9.17, 15) is 39.0 Å². The van der Waals surface area contributed by atoms with Gasteiger partial charge in [-0.3, -0.25) is 4.55 Å². The van der Waals surface area contributed by atoms with Crippen LogP contribution in [0.2, 0.25) is 0 Å². The van der Waals surface area contributed by atoms with Crippen molar-refractivity contribution in [3.05, 3.63) is 29.1 Å². The van der Waals surface area contributed by atoms with E-state index in [1.54, 1.807) is 13.8 Å². The Labute approximate surface area is 184 Å². The number of rotatable bonds is 10. The van der Waals surface area contributed by atoms with Crippen molar-refractivity contribution in [2.75, 3.05) is 18.1 Å². The van der Waals surface area contributed by atoms with E-state index in [4.69, 9.17) is 4.55 Å². The highest BCUT2D eigenvalue weighted by Gasteiger charge is 2.52. The molecule has 2 rings (SSSR count). The number of alkyl halides is 3. The average Bonchev–Trinajstić information content (AvgIpc) is 2.81. The van der Waals surface area contributed by atoms with Crippen LogP contribution in [0.4, 0.5) is 23.2 Å². The molecule has 1 aliphatic heterocycles. The minimum Gasteiger partial charge on any atom is -0.748 e. The first-order chi connectivity index (χ1) is 14.5. The summed E-state index contributed by atoms with van der Waals surface area (Å²) >= 11 is 0. The number of hydrogen-bond acceptors (Lipinski definition) is 5. The lowest BCUT2D eigenvalue weighted by Gasteiger charge is -2.25. The zero-order valence-electron chi connectivity index (χ0n) is 17.6. The van der Waals surface area contributed by atoms with Gasteiger partial charge in [0.25, 0.3) is 10.1 Å². The van der Waals surface area contributed by atoms with E-state index < -0.39 is 54.7 Å². The van der Waals surface area contributed by atoms with Crippen molar-refractivity contribution >= 4 is 31.6 Å². The van der Waals surface area contributed by atoms with Gasteiger partial charge in [-0.25, -0.2) is 12.8 Å². The summed E-state index contributed by atoms with van der Waals surface area (Å²) in [6, 6.07) is 1.42. The standard InChI is InChI=1S/C19H25F4NO6S2/c1-13-18(2,7-3-5-9-31(25,26)27)17-15(19(21,22)23)11-14(20)12-16(17)24(13)8-4-6-10-32(28,29)30/h11-12H,3-10H2,1-2H3,(H-,25,26,27,28,29,30). The third-order valence-corrected chi connectivity index (χ3v) is 7.38. The summed E-state index contributed by atoms with van der Waals surface area (Å²) in [5.41, 5.74) is -1.99. The highest BCUT2D eigenvalue weighted by Crippen LogP contribution is 2.49. The molecule has 1 N–H and O–H groups in total. The van der Waals surface area contributed by atoms with Gasteiger partial charge in [0, 0.05) is 25.2 Å². The lowest BCUT2D eigenvalue weighted by atomic mass is 9.74. The van der Waals surface area contributed by atoms with Crippen molar-refractivity contribution in [3.8, 4) is 0 Å². The maximum atomic E-state index is 14.1. The quantitative estimate of drug-likeness (QED) is 0.226. The molecular formula is C19H25F4NO6S2. The Bertz CT molecular complexity index is 1110. The second-order valence-electron chi connectivity index (χ2n) is 8.13. The predicted molar refractivity (Wildman–Crippen MR) is 108 cm³/mol. The Morgan fingerprint density at radius 1 is 1.06 bits per heavy atom. The zero-order chi connectivity index (χ0) is 24.5. The fraction of sp³-hybridized carbons (Fsp3) is 0.632. The molecule has 1 unspecified atom stereocenters. The molecule has 0 bridgehead atoms. The Balaban J connectivity index is 2.45. The molecule has 182 valence electrons. The lowest BCUT2D eigenvalue weighted by Crippen LogP contribution is -2.32. The van der Waals surface area contributed by atoms with Gasteiger partial charge >= 0.3 is 6.18 Å². The number of fused-ring (bicyclic) bond motifs is 1. The maximum absolute atomic E-state index is 14.1. The molecule has 0 saturated carbocycles. The summed E-state index contributed by atoms with van der Waals surface area (Å²) in [5, 5.41) is 0. The highest BCUT2D eigenvalue weighted by atomic mass is 32.2. The Morgan fingerprint density at radius 3 is 2.19 bits per heavy atom. The van der Waals surface area contributed by atoms with Gasteiger partial charge in [-0.1, -0.05) is 6.42 Å². The van der Waals surface area contributed by atoms with Crippen molar-refractivity contribution in [3.63, 3.8) is 0 Å². The third-order valence-electron chi connectivity index (χ3n) is 5.79. The van der Waals surface area contributed by atoms with Crippen LogP contribution < -0.4 is 0 Å². The molecular weight excluding hydrogens is 478 g/mol. The van der Waals surface area contributed by atoms with E-state index in [1.165, 1.54) is 4.58 Å². The molecule has 0 radical (unpaired) electrons. The fourth-order valence-corrected chi connectivity index (χ4v) is 5.30. The largest absolute Gasteiger partial charge is 0.748 e. The molecule has 7 nitrogen and oxygen atoms in total. The second-order valence-corrected chi connectivity index (χ2v) is 11.2. The first kappa shape index (κ1) is 26.7. The fourth-order valence-electron chi connectivity index (χ4n) is 4.17. The minimum atomic E-state index is -4.84. The molecule has 0 aromatic heterocycles. The lowest BCUT2D eigenvalue weighted by molar-refractivity contribution is -0.439. The Morgan fingerprint density at radius 2 is 1.66 bits per heavy atom. The number of hydrogen-bond donors (Lipinski definition) is 1. The SMILES string of the molecule is CC1=[N+](CCCCS(=O)(=O)O)c2cc(F)cc(C(F)(F)F)c2C1(C)CCCCS(=O)(=O)[O-]. The van der Waals surface area contributed by atoms with E-state index in [-0.39, 0.29) is 49.9 Å². The van der Waals surface area contributed by atoms with Gasteiger partial charge in [-0.15, -0.1) is 0 Å². The summed E-state index contributed by atoms with van der Waals surface area (Å²) in [7, 11) is -8.64. The number of benzene rings is 1. The average molecular weight is 504 g/mol. The molecule has 0 amide bonds. The molecule has 13 heteroatoms. The summed E-state index contributed by atoms with van der Waals surface area (Å²) in [4.78, 5) is 0. The number of unbranched alkanes of at least 4 members (excludes halogenated alkanes) is 2. The van der Waals surface area contributed by atoms with Crippen LogP contribution in [0, 0.1) is 5.82 Å². The van der Waals surface area contributed by atoms with Crippen LogP contribution in [0.25, 0.3) is 0 Å². The third kappa shape index (κ3) is 6.49. The Kier molecular flexibility index (Phi) is 7.80. The topological polar surface area (TPSA) is 115 Å². The molecule has 0 saturated heterocycles. The van der Waals surface area contributed by atoms with Crippen molar-refractivity contribution in [2.24, 2.45) is 0 Å². The predicted octanol–water partition coefficient (Wildman–Crippen LogP) is 3.60. The van der Waals surface area contributed by atoms with Crippen molar-refractivity contribution in [1.82, 2.24) is 0 Å². The van der Waals surface area contributed by atoms with Crippen molar-refractivity contribution < 1.29 is 48.1 Å². The molecule has 32 heavy (non-hydrogen) atoms. The molecule has 1 aromatic carbocycles. The van der Waals surface area contributed by atoms with Crippen LogP contribution in [0.1, 0.15) is 57.1 Å². The van der Waals surface area contributed by atoms with Gasteiger partial charge in [0.15, 0.2) is 5.71 Å². The van der Waals surface area contributed by atoms with Crippen molar-refractivity contribution in [1.29, 1.82) is 0 Å². The van der Waals surface area contributed by atoms with Crippen LogP contribution >= 0.6 is 0 Å². The molecule has 0 fully saturated rings. The van der Waals surface area contributed by atoms with E-state index in [0.29, 0.717) is 11.8 Å². The molecule has 0 spiro atoms. The van der Waals surface area contributed by atoms with Gasteiger partial charge in [0.1, 0.15) is 12.4 Å². The summed E-state index contributed by atoms with van der Waals surface area (Å²) in [6.07, 6.45) is -4.36. The van der Waals surface area contributed by atoms with E-state index in [0.717, 1.165) is 6.07 Å². The molecule has 1 aliphatic rings. The van der Waals surface area contributed by atoms with Gasteiger partial charge in [0.05, 0.1) is 32.4 Å². The molecule has 1 heterocycles. The molecule has 1 aromatic rings. The number of halogens is 4. The van der Waals surface area contributed by atoms with Crippen LogP contribution in [-0.2, 0) is 31.8 Å². The minimum absolute atomic E-state index is 0.0145. The van der Waals surface area contributed by atoms with Crippen molar-refractivity contribution in [2.45, 2.75) is 57.5 Å². The summed E-state index contributed by atoms with van der Waals surface area (Å²) < 4.78 is 120.